The van der Waals surface area contributed by atoms with E-state index < -0.39 is 27.0 Å². The smallest absolute Gasteiger partial charge is 0 e. The molecule has 0 fully saturated rings. The van der Waals surface area contributed by atoms with Crippen molar-refractivity contribution in [3.05, 3.63) is 115 Å². The van der Waals surface area contributed by atoms with E-state index in [0.29, 0.717) is 28.6 Å². The zero-order valence-corrected chi connectivity index (χ0v) is 26.2. The van der Waals surface area contributed by atoms with Crippen LogP contribution in [0.25, 0.3) is 22.5 Å². The molecule has 0 amide bonds. The van der Waals surface area contributed by atoms with Crippen LogP contribution < -0.4 is 13.9 Å². The van der Waals surface area contributed by atoms with E-state index in [1.54, 1.807) is 30.3 Å². The van der Waals surface area contributed by atoms with Gasteiger partial charge in [0.2, 0.25) is 0 Å². The standard InChI is InChI=1S/C19H14NO2.C14H16GeN.Ir/c1-12-10-15(20-11-13(12)2)14-6-5-9-18-19(14)22-17-8-4-3-7-16(17)21-18;1-15(2,3)13-9-10-14(16-11-13)12-7-5-4-6-8-12;/h3-5,7-11H,1-2H3;4-7,9-11H,1-3H3;/q2*-1;/i1D3,2D3;;. The number of nitrogens with zero attached hydrogens (tertiary/aromatic N) is 2. The van der Waals surface area contributed by atoms with Crippen molar-refractivity contribution in [2.45, 2.75) is 31.0 Å². The minimum Gasteiger partial charge on any atom is 0 e. The Morgan fingerprint density at radius 2 is 1.46 bits per heavy atom. The molecule has 0 aliphatic carbocycles. The second kappa shape index (κ2) is 12.3. The second-order valence-corrected chi connectivity index (χ2v) is 20.4. The fourth-order valence-corrected chi connectivity index (χ4v) is 6.00. The molecule has 0 spiro atoms. The first-order valence-corrected chi connectivity index (χ1v) is 19.5. The molecule has 1 aliphatic heterocycles. The van der Waals surface area contributed by atoms with Crippen LogP contribution in [0.1, 0.15) is 19.4 Å². The van der Waals surface area contributed by atoms with Gasteiger partial charge in [-0.3, -0.25) is 0 Å². The predicted molar refractivity (Wildman–Crippen MR) is 156 cm³/mol. The normalized spacial score (nSPS) is 14.3. The maximum atomic E-state index is 7.73. The van der Waals surface area contributed by atoms with Gasteiger partial charge in [-0.25, -0.2) is 0 Å². The minimum atomic E-state index is -2.61. The minimum absolute atomic E-state index is 0. The van der Waals surface area contributed by atoms with Gasteiger partial charge in [0.15, 0.2) is 11.5 Å². The summed E-state index contributed by atoms with van der Waals surface area (Å²) in [5.74, 6) is 8.98. The van der Waals surface area contributed by atoms with Gasteiger partial charge in [-0.15, -0.1) is 12.1 Å². The molecule has 0 unspecified atom stereocenters. The Hall–Kier alpha value is -3.25. The van der Waals surface area contributed by atoms with E-state index in [-0.39, 0.29) is 36.9 Å². The van der Waals surface area contributed by atoms with Crippen molar-refractivity contribution in [2.75, 3.05) is 0 Å². The van der Waals surface area contributed by atoms with Crippen LogP contribution in [0, 0.1) is 25.8 Å². The van der Waals surface area contributed by atoms with Crippen molar-refractivity contribution in [2.24, 2.45) is 0 Å². The molecular weight excluding hydrogens is 721 g/mol. The number of rotatable bonds is 3. The number of fused-ring (bicyclic) bond motifs is 2. The molecule has 6 heteroatoms. The van der Waals surface area contributed by atoms with Gasteiger partial charge in [-0.2, -0.15) is 0 Å². The van der Waals surface area contributed by atoms with Crippen molar-refractivity contribution < 1.29 is 37.8 Å². The summed E-state index contributed by atoms with van der Waals surface area (Å²) in [6.45, 7) is -5.20. The van der Waals surface area contributed by atoms with Crippen LogP contribution in [0.2, 0.25) is 17.3 Å². The fourth-order valence-electron chi connectivity index (χ4n) is 3.83. The quantitative estimate of drug-likeness (QED) is 0.135. The van der Waals surface area contributed by atoms with Crippen molar-refractivity contribution in [3.63, 3.8) is 0 Å². The third-order valence-electron chi connectivity index (χ3n) is 5.97. The number of hydrogen-bond acceptors (Lipinski definition) is 4. The van der Waals surface area contributed by atoms with Crippen molar-refractivity contribution in [1.82, 2.24) is 9.97 Å². The SMILES string of the molecule is [2H]C([2H])([2H])c1cnc(-c2[c-]ccc3c2Oc2ccccc2O3)cc1C([2H])([2H])[2H].[CH3][Ge]([CH3])([CH3])[c]1ccc(-c2[c-]cccc2)nc1.[Ir]. The van der Waals surface area contributed by atoms with E-state index in [9.17, 15) is 0 Å². The maximum Gasteiger partial charge on any atom is 0 e. The molecule has 0 N–H and O–H groups in total. The summed E-state index contributed by atoms with van der Waals surface area (Å²) in [5.41, 5.74) is 2.12. The Labute approximate surface area is 255 Å². The Bertz CT molecular complexity index is 1770. The van der Waals surface area contributed by atoms with Gasteiger partial charge in [0, 0.05) is 34.5 Å². The molecule has 3 heterocycles. The van der Waals surface area contributed by atoms with E-state index in [1.165, 1.54) is 10.5 Å². The van der Waals surface area contributed by atoms with E-state index in [1.807, 2.05) is 36.5 Å². The van der Waals surface area contributed by atoms with Crippen LogP contribution in [0.4, 0.5) is 0 Å². The van der Waals surface area contributed by atoms with Crippen LogP contribution in [-0.2, 0) is 20.1 Å². The molecule has 199 valence electrons. The van der Waals surface area contributed by atoms with E-state index in [4.69, 9.17) is 17.7 Å². The van der Waals surface area contributed by atoms with Crippen molar-refractivity contribution in [1.29, 1.82) is 0 Å². The Kier molecular flexibility index (Phi) is 6.80. The van der Waals surface area contributed by atoms with Crippen molar-refractivity contribution in [3.8, 4) is 45.5 Å². The van der Waals surface area contributed by atoms with Gasteiger partial charge < -0.3 is 14.5 Å². The first-order chi connectivity index (χ1) is 20.7. The topological polar surface area (TPSA) is 44.2 Å². The Morgan fingerprint density at radius 3 is 2.13 bits per heavy atom. The predicted octanol–water partition coefficient (Wildman–Crippen LogP) is 8.16. The average molecular weight is 757 g/mol. The van der Waals surface area contributed by atoms with Gasteiger partial charge in [0.25, 0.3) is 0 Å². The number of pyridine rings is 2. The van der Waals surface area contributed by atoms with E-state index in [0.717, 1.165) is 17.5 Å². The molecule has 6 rings (SSSR count). The summed E-state index contributed by atoms with van der Waals surface area (Å²) in [6.07, 6.45) is 3.12. The van der Waals surface area contributed by atoms with Crippen LogP contribution in [-0.4, -0.2) is 23.2 Å². The van der Waals surface area contributed by atoms with Gasteiger partial charge in [0.1, 0.15) is 0 Å². The number of aryl methyl sites for hydroxylation is 2. The molecule has 39 heavy (non-hydrogen) atoms. The van der Waals surface area contributed by atoms with Crippen molar-refractivity contribution >= 4 is 17.7 Å². The molecule has 1 radical (unpaired) electrons. The molecule has 0 saturated carbocycles. The molecule has 4 nitrogen and oxygen atoms in total. The number of aromatic nitrogens is 2. The Morgan fingerprint density at radius 1 is 0.718 bits per heavy atom. The summed E-state index contributed by atoms with van der Waals surface area (Å²) < 4.78 is 59.2. The van der Waals surface area contributed by atoms with Crippen LogP contribution in [0.5, 0.6) is 23.0 Å². The third-order valence-corrected chi connectivity index (χ3v) is 10.2. The van der Waals surface area contributed by atoms with Crippen LogP contribution >= 0.6 is 0 Å². The van der Waals surface area contributed by atoms with E-state index >= 15 is 0 Å². The number of hydrogen-bond donors (Lipinski definition) is 0. The number of benzene rings is 3. The second-order valence-electron chi connectivity index (χ2n) is 9.77. The average Bonchev–Trinajstić information content (AvgIpc) is 2.99. The third kappa shape index (κ3) is 6.67. The molecule has 2 aromatic heterocycles. The van der Waals surface area contributed by atoms with Gasteiger partial charge in [0.05, 0.1) is 11.5 Å². The first-order valence-electron chi connectivity index (χ1n) is 15.2. The number of ether oxygens (including phenoxy) is 2. The summed E-state index contributed by atoms with van der Waals surface area (Å²) in [6, 6.07) is 30.2. The molecule has 1 aliphatic rings. The molecule has 5 aromatic rings. The maximum absolute atomic E-state index is 7.73. The van der Waals surface area contributed by atoms with Gasteiger partial charge in [-0.1, -0.05) is 35.4 Å². The fraction of sp³-hybridized carbons (Fsp3) is 0.152. The molecule has 0 bridgehead atoms. The zero-order valence-electron chi connectivity index (χ0n) is 27.7. The first kappa shape index (κ1) is 21.6. The van der Waals surface area contributed by atoms with Crippen LogP contribution in [0.15, 0.2) is 91.3 Å². The molecule has 3 aromatic carbocycles. The van der Waals surface area contributed by atoms with Gasteiger partial charge >= 0.3 is 99.8 Å². The number of para-hydroxylation sites is 2. The monoisotopic (exact) mass is 759 g/mol. The molecule has 0 atom stereocenters. The summed E-state index contributed by atoms with van der Waals surface area (Å²) in [7, 11) is 0. The molecule has 0 saturated heterocycles. The zero-order chi connectivity index (χ0) is 31.7. The summed E-state index contributed by atoms with van der Waals surface area (Å²) in [4.78, 5) is 8.71. The van der Waals surface area contributed by atoms with E-state index in [2.05, 4.69) is 51.5 Å². The summed E-state index contributed by atoms with van der Waals surface area (Å²) >= 11 is -1.72. The van der Waals surface area contributed by atoms with Crippen LogP contribution in [0.3, 0.4) is 0 Å². The largest absolute Gasteiger partial charge is 0 e. The van der Waals surface area contributed by atoms with Gasteiger partial charge in [-0.05, 0) is 37.1 Å². The molecular formula is C33H30GeIrN2O2-2. The Balaban J connectivity index is 0.000000231. The summed E-state index contributed by atoms with van der Waals surface area (Å²) in [5, 5.41) is 0.